The van der Waals surface area contributed by atoms with Crippen LogP contribution in [0.1, 0.15) is 6.42 Å². The molecule has 0 aliphatic heterocycles. The third kappa shape index (κ3) is 8.99. The maximum Gasteiger partial charge on any atom is 0.119 e. The zero-order valence-electron chi connectivity index (χ0n) is 11.4. The Kier molecular flexibility index (Phi) is 9.71. The average Bonchev–Trinajstić information content (AvgIpc) is 2.43. The van der Waals surface area contributed by atoms with E-state index >= 15 is 0 Å². The first-order valence-electron chi connectivity index (χ1n) is 6.48. The number of methoxy groups -OCH3 is 1. The van der Waals surface area contributed by atoms with Gasteiger partial charge in [-0.2, -0.15) is 0 Å². The lowest BCUT2D eigenvalue weighted by Crippen LogP contribution is -2.22. The van der Waals surface area contributed by atoms with Crippen LogP contribution in [0.25, 0.3) is 0 Å². The maximum atomic E-state index is 5.54. The van der Waals surface area contributed by atoms with Crippen molar-refractivity contribution in [1.82, 2.24) is 5.32 Å². The molecule has 5 heteroatoms. The van der Waals surface area contributed by atoms with E-state index in [1.54, 1.807) is 7.11 Å². The molecule has 1 N–H and O–H groups in total. The summed E-state index contributed by atoms with van der Waals surface area (Å²) < 4.78 is 17.0. The van der Waals surface area contributed by atoms with Crippen molar-refractivity contribution in [2.45, 2.75) is 6.42 Å². The van der Waals surface area contributed by atoms with E-state index in [1.165, 1.54) is 0 Å². The lowest BCUT2D eigenvalue weighted by atomic mass is 10.3. The average molecular weight is 332 g/mol. The van der Waals surface area contributed by atoms with Crippen molar-refractivity contribution >= 4 is 15.9 Å². The number of ether oxygens (including phenoxy) is 3. The molecule has 0 saturated heterocycles. The third-order valence-electron chi connectivity index (χ3n) is 2.44. The normalized spacial score (nSPS) is 10.6. The van der Waals surface area contributed by atoms with Crippen LogP contribution in [0.4, 0.5) is 0 Å². The summed E-state index contributed by atoms with van der Waals surface area (Å²) in [6, 6.07) is 7.78. The van der Waals surface area contributed by atoms with Crippen molar-refractivity contribution in [2.75, 3.05) is 46.6 Å². The second kappa shape index (κ2) is 11.2. The van der Waals surface area contributed by atoms with Gasteiger partial charge in [0.25, 0.3) is 0 Å². The Hall–Kier alpha value is -0.620. The number of hydrogen-bond acceptors (Lipinski definition) is 4. The topological polar surface area (TPSA) is 39.7 Å². The highest BCUT2D eigenvalue weighted by Gasteiger charge is 1.94. The minimum atomic E-state index is 0.575. The van der Waals surface area contributed by atoms with Crippen LogP contribution in [0, 0.1) is 0 Å². The van der Waals surface area contributed by atoms with Gasteiger partial charge in [0, 0.05) is 24.7 Å². The van der Waals surface area contributed by atoms with Gasteiger partial charge in [0.05, 0.1) is 13.2 Å². The molecule has 0 aliphatic carbocycles. The van der Waals surface area contributed by atoms with Gasteiger partial charge in [0.15, 0.2) is 0 Å². The monoisotopic (exact) mass is 331 g/mol. The van der Waals surface area contributed by atoms with Crippen LogP contribution < -0.4 is 10.1 Å². The van der Waals surface area contributed by atoms with Gasteiger partial charge in [-0.05, 0) is 37.2 Å². The van der Waals surface area contributed by atoms with E-state index in [9.17, 15) is 0 Å². The molecule has 108 valence electrons. The van der Waals surface area contributed by atoms with E-state index in [0.29, 0.717) is 19.8 Å². The highest BCUT2D eigenvalue weighted by Crippen LogP contribution is 2.15. The van der Waals surface area contributed by atoms with Gasteiger partial charge in [0.2, 0.25) is 0 Å². The molecule has 0 unspecified atom stereocenters. The van der Waals surface area contributed by atoms with Crippen LogP contribution in [0.5, 0.6) is 5.75 Å². The lowest BCUT2D eigenvalue weighted by molar-refractivity contribution is 0.101. The Bertz CT molecular complexity index is 319. The maximum absolute atomic E-state index is 5.54. The third-order valence-corrected chi connectivity index (χ3v) is 2.96. The Morgan fingerprint density at radius 3 is 2.53 bits per heavy atom. The van der Waals surface area contributed by atoms with Crippen molar-refractivity contribution in [3.8, 4) is 5.75 Å². The Balaban J connectivity index is 1.87. The predicted molar refractivity (Wildman–Crippen MR) is 79.8 cm³/mol. The Morgan fingerprint density at radius 2 is 1.79 bits per heavy atom. The molecule has 1 aromatic rings. The number of halogens is 1. The largest absolute Gasteiger partial charge is 0.491 e. The van der Waals surface area contributed by atoms with Crippen LogP contribution in [-0.2, 0) is 9.47 Å². The number of rotatable bonds is 11. The van der Waals surface area contributed by atoms with Crippen molar-refractivity contribution < 1.29 is 14.2 Å². The van der Waals surface area contributed by atoms with Crippen LogP contribution in [0.2, 0.25) is 0 Å². The fraction of sp³-hybridized carbons (Fsp3) is 0.571. The van der Waals surface area contributed by atoms with Crippen molar-refractivity contribution in [3.05, 3.63) is 28.7 Å². The van der Waals surface area contributed by atoms with Gasteiger partial charge in [-0.3, -0.25) is 0 Å². The second-order valence-electron chi connectivity index (χ2n) is 4.01. The SMILES string of the molecule is COCCCNCCOCCOc1ccc(Br)cc1. The summed E-state index contributed by atoms with van der Waals surface area (Å²) in [6.45, 7) is 4.52. The molecule has 0 amide bonds. The number of hydrogen-bond donors (Lipinski definition) is 1. The van der Waals surface area contributed by atoms with E-state index in [0.717, 1.165) is 36.3 Å². The Morgan fingerprint density at radius 1 is 1.00 bits per heavy atom. The molecule has 0 aliphatic rings. The summed E-state index contributed by atoms with van der Waals surface area (Å²) in [7, 11) is 1.72. The fourth-order valence-electron chi connectivity index (χ4n) is 1.46. The van der Waals surface area contributed by atoms with Crippen LogP contribution >= 0.6 is 15.9 Å². The molecule has 0 fully saturated rings. The van der Waals surface area contributed by atoms with E-state index < -0.39 is 0 Å². The second-order valence-corrected chi connectivity index (χ2v) is 4.93. The zero-order valence-corrected chi connectivity index (χ0v) is 12.9. The molecular weight excluding hydrogens is 310 g/mol. The molecule has 0 aromatic heterocycles. The first kappa shape index (κ1) is 16.4. The quantitative estimate of drug-likeness (QED) is 0.632. The predicted octanol–water partition coefficient (Wildman–Crippen LogP) is 2.47. The summed E-state index contributed by atoms with van der Waals surface area (Å²) in [5.41, 5.74) is 0. The summed E-state index contributed by atoms with van der Waals surface area (Å²) in [4.78, 5) is 0. The molecule has 1 aromatic carbocycles. The van der Waals surface area contributed by atoms with Gasteiger partial charge in [-0.1, -0.05) is 15.9 Å². The van der Waals surface area contributed by atoms with Gasteiger partial charge < -0.3 is 19.5 Å². The standard InChI is InChI=1S/C14H22BrNO3/c1-17-9-2-7-16-8-10-18-11-12-19-14-5-3-13(15)4-6-14/h3-6,16H,2,7-12H2,1H3. The van der Waals surface area contributed by atoms with Crippen molar-refractivity contribution in [1.29, 1.82) is 0 Å². The minimum Gasteiger partial charge on any atom is -0.491 e. The fourth-order valence-corrected chi connectivity index (χ4v) is 1.73. The molecule has 0 bridgehead atoms. The van der Waals surface area contributed by atoms with Crippen molar-refractivity contribution in [3.63, 3.8) is 0 Å². The van der Waals surface area contributed by atoms with E-state index in [1.807, 2.05) is 24.3 Å². The number of nitrogens with one attached hydrogen (secondary N) is 1. The first-order valence-corrected chi connectivity index (χ1v) is 7.28. The van der Waals surface area contributed by atoms with Crippen LogP contribution in [0.15, 0.2) is 28.7 Å². The first-order chi connectivity index (χ1) is 9.33. The summed E-state index contributed by atoms with van der Waals surface area (Å²) in [5.74, 6) is 0.865. The molecular formula is C14H22BrNO3. The van der Waals surface area contributed by atoms with Crippen LogP contribution in [-0.4, -0.2) is 46.6 Å². The minimum absolute atomic E-state index is 0.575. The zero-order chi connectivity index (χ0) is 13.8. The summed E-state index contributed by atoms with van der Waals surface area (Å²) in [6.07, 6.45) is 1.03. The van der Waals surface area contributed by atoms with Gasteiger partial charge in [-0.25, -0.2) is 0 Å². The van der Waals surface area contributed by atoms with E-state index in [2.05, 4.69) is 21.2 Å². The van der Waals surface area contributed by atoms with Crippen LogP contribution in [0.3, 0.4) is 0 Å². The van der Waals surface area contributed by atoms with E-state index in [-0.39, 0.29) is 0 Å². The molecule has 0 heterocycles. The summed E-state index contributed by atoms with van der Waals surface area (Å²) in [5, 5.41) is 3.28. The van der Waals surface area contributed by atoms with Gasteiger partial charge >= 0.3 is 0 Å². The number of benzene rings is 1. The molecule has 0 atom stereocenters. The molecule has 0 radical (unpaired) electrons. The molecule has 4 nitrogen and oxygen atoms in total. The van der Waals surface area contributed by atoms with Gasteiger partial charge in [0.1, 0.15) is 12.4 Å². The summed E-state index contributed by atoms with van der Waals surface area (Å²) >= 11 is 3.38. The highest BCUT2D eigenvalue weighted by molar-refractivity contribution is 9.10. The lowest BCUT2D eigenvalue weighted by Gasteiger charge is -2.08. The smallest absolute Gasteiger partial charge is 0.119 e. The van der Waals surface area contributed by atoms with Crippen molar-refractivity contribution in [2.24, 2.45) is 0 Å². The van der Waals surface area contributed by atoms with Gasteiger partial charge in [-0.15, -0.1) is 0 Å². The highest BCUT2D eigenvalue weighted by atomic mass is 79.9. The van der Waals surface area contributed by atoms with E-state index in [4.69, 9.17) is 14.2 Å². The Labute approximate surface area is 123 Å². The molecule has 1 rings (SSSR count). The molecule has 0 spiro atoms. The molecule has 0 saturated carbocycles. The molecule has 19 heavy (non-hydrogen) atoms.